The van der Waals surface area contributed by atoms with E-state index in [0.717, 1.165) is 11.8 Å². The molecule has 2 heterocycles. The molecule has 0 bridgehead atoms. The van der Waals surface area contributed by atoms with Crippen molar-refractivity contribution < 1.29 is 0 Å². The van der Waals surface area contributed by atoms with Crippen LogP contribution in [-0.4, -0.2) is 31.5 Å². The van der Waals surface area contributed by atoms with Crippen molar-refractivity contribution in [3.8, 4) is 0 Å². The second kappa shape index (κ2) is 5.98. The molecule has 7 nitrogen and oxygen atoms in total. The summed E-state index contributed by atoms with van der Waals surface area (Å²) >= 11 is 6.92. The van der Waals surface area contributed by atoms with Crippen molar-refractivity contribution in [3.05, 3.63) is 27.4 Å². The van der Waals surface area contributed by atoms with Gasteiger partial charge >= 0.3 is 0 Å². The fourth-order valence-corrected chi connectivity index (χ4v) is 2.29. The summed E-state index contributed by atoms with van der Waals surface area (Å²) in [5.74, 6) is 0.389. The second-order valence-electron chi connectivity index (χ2n) is 3.53. The topological polar surface area (TPSA) is 96.5 Å². The summed E-state index contributed by atoms with van der Waals surface area (Å²) in [6, 6.07) is 1.41. The molecule has 0 spiro atoms. The third kappa shape index (κ3) is 3.90. The average molecular weight is 299 g/mol. The number of anilines is 1. The van der Waals surface area contributed by atoms with Gasteiger partial charge in [0.15, 0.2) is 5.16 Å². The van der Waals surface area contributed by atoms with E-state index in [0.29, 0.717) is 28.5 Å². The van der Waals surface area contributed by atoms with Gasteiger partial charge in [-0.05, 0) is 37.2 Å². The third-order valence-electron chi connectivity index (χ3n) is 1.96. The van der Waals surface area contributed by atoms with Gasteiger partial charge in [-0.3, -0.25) is 4.79 Å². The van der Waals surface area contributed by atoms with Gasteiger partial charge in [0.25, 0.3) is 5.56 Å². The van der Waals surface area contributed by atoms with Gasteiger partial charge in [-0.25, -0.2) is 4.98 Å². The summed E-state index contributed by atoms with van der Waals surface area (Å²) < 4.78 is 0. The van der Waals surface area contributed by atoms with Crippen LogP contribution in [0.5, 0.6) is 0 Å². The van der Waals surface area contributed by atoms with Gasteiger partial charge in [0, 0.05) is 18.3 Å². The Labute approximate surface area is 118 Å². The molecule has 19 heavy (non-hydrogen) atoms. The lowest BCUT2D eigenvalue weighted by atomic mass is 10.5. The van der Waals surface area contributed by atoms with Gasteiger partial charge < -0.3 is 10.3 Å². The van der Waals surface area contributed by atoms with Gasteiger partial charge in [-0.2, -0.15) is 15.0 Å². The standard InChI is InChI=1S/C10H11ClN6OS/c1-3-12-8-15-7(11)16-10(17-8)19-9-13-5(2)4-6(18)14-9/h4H,3H2,1-2H3,(H,13,14,18)(H,12,15,16,17). The minimum absolute atomic E-state index is 0.0865. The monoisotopic (exact) mass is 298 g/mol. The summed E-state index contributed by atoms with van der Waals surface area (Å²) in [7, 11) is 0. The fraction of sp³-hybridized carbons (Fsp3) is 0.300. The van der Waals surface area contributed by atoms with E-state index in [1.807, 2.05) is 6.92 Å². The summed E-state index contributed by atoms with van der Waals surface area (Å²) in [4.78, 5) is 30.2. The van der Waals surface area contributed by atoms with Crippen molar-refractivity contribution >= 4 is 29.3 Å². The molecule has 2 aromatic rings. The molecule has 0 atom stereocenters. The molecule has 0 radical (unpaired) electrons. The quantitative estimate of drug-likeness (QED) is 0.826. The van der Waals surface area contributed by atoms with Crippen LogP contribution in [-0.2, 0) is 0 Å². The molecular weight excluding hydrogens is 288 g/mol. The smallest absolute Gasteiger partial charge is 0.251 e. The lowest BCUT2D eigenvalue weighted by Gasteiger charge is -2.04. The zero-order chi connectivity index (χ0) is 13.8. The minimum Gasteiger partial charge on any atom is -0.354 e. The lowest BCUT2D eigenvalue weighted by Crippen LogP contribution is -2.09. The van der Waals surface area contributed by atoms with Crippen molar-refractivity contribution in [2.45, 2.75) is 24.2 Å². The maximum atomic E-state index is 11.3. The number of hydrogen-bond acceptors (Lipinski definition) is 7. The fourth-order valence-electron chi connectivity index (χ4n) is 1.30. The molecule has 0 unspecified atom stereocenters. The average Bonchev–Trinajstić information content (AvgIpc) is 2.26. The Balaban J connectivity index is 2.29. The number of hydrogen-bond donors (Lipinski definition) is 2. The van der Waals surface area contributed by atoms with Gasteiger partial charge in [0.1, 0.15) is 0 Å². The molecule has 2 N–H and O–H groups in total. The maximum absolute atomic E-state index is 11.3. The molecule has 0 aromatic carbocycles. The zero-order valence-corrected chi connectivity index (χ0v) is 11.8. The van der Waals surface area contributed by atoms with Gasteiger partial charge in [-0.15, -0.1) is 0 Å². The normalized spacial score (nSPS) is 10.5. The highest BCUT2D eigenvalue weighted by molar-refractivity contribution is 7.99. The number of rotatable bonds is 4. The summed E-state index contributed by atoms with van der Waals surface area (Å²) in [6.45, 7) is 4.33. The first kappa shape index (κ1) is 13.8. The number of nitrogens with one attached hydrogen (secondary N) is 2. The van der Waals surface area contributed by atoms with Crippen LogP contribution >= 0.6 is 23.4 Å². The van der Waals surface area contributed by atoms with Crippen LogP contribution in [0.25, 0.3) is 0 Å². The first-order chi connectivity index (χ1) is 9.06. The van der Waals surface area contributed by atoms with E-state index >= 15 is 0 Å². The molecule has 0 aliphatic heterocycles. The Morgan fingerprint density at radius 3 is 2.84 bits per heavy atom. The molecule has 0 fully saturated rings. The van der Waals surface area contributed by atoms with E-state index in [9.17, 15) is 4.79 Å². The summed E-state index contributed by atoms with van der Waals surface area (Å²) in [5, 5.41) is 3.81. The SMILES string of the molecule is CCNc1nc(Cl)nc(Sc2nc(C)cc(=O)[nH]2)n1. The van der Waals surface area contributed by atoms with E-state index in [4.69, 9.17) is 11.6 Å². The van der Waals surface area contributed by atoms with Crippen molar-refractivity contribution in [2.24, 2.45) is 0 Å². The van der Waals surface area contributed by atoms with E-state index in [1.165, 1.54) is 6.07 Å². The van der Waals surface area contributed by atoms with Crippen LogP contribution in [0.4, 0.5) is 5.95 Å². The molecule has 0 aliphatic carbocycles. The van der Waals surface area contributed by atoms with E-state index in [2.05, 4.69) is 30.2 Å². The highest BCUT2D eigenvalue weighted by atomic mass is 35.5. The highest BCUT2D eigenvalue weighted by Gasteiger charge is 2.08. The Kier molecular flexibility index (Phi) is 4.33. The zero-order valence-electron chi connectivity index (χ0n) is 10.3. The largest absolute Gasteiger partial charge is 0.354 e. The van der Waals surface area contributed by atoms with Crippen LogP contribution in [0, 0.1) is 6.92 Å². The number of nitrogens with zero attached hydrogens (tertiary/aromatic N) is 4. The molecule has 0 saturated heterocycles. The van der Waals surface area contributed by atoms with Crippen LogP contribution in [0.3, 0.4) is 0 Å². The molecule has 0 saturated carbocycles. The van der Waals surface area contributed by atoms with E-state index in [-0.39, 0.29) is 10.8 Å². The molecule has 2 rings (SSSR count). The first-order valence-corrected chi connectivity index (χ1v) is 6.67. The molecule has 2 aromatic heterocycles. The number of aromatic amines is 1. The Bertz CT molecular complexity index is 646. The first-order valence-electron chi connectivity index (χ1n) is 5.48. The molecule has 0 amide bonds. The van der Waals surface area contributed by atoms with Crippen LogP contribution in [0.1, 0.15) is 12.6 Å². The van der Waals surface area contributed by atoms with Crippen LogP contribution in [0.2, 0.25) is 5.28 Å². The van der Waals surface area contributed by atoms with Gasteiger partial charge in [0.2, 0.25) is 16.4 Å². The molecule has 100 valence electrons. The number of aryl methyl sites for hydroxylation is 1. The molecule has 9 heteroatoms. The third-order valence-corrected chi connectivity index (χ3v) is 2.88. The van der Waals surface area contributed by atoms with Crippen molar-refractivity contribution in [3.63, 3.8) is 0 Å². The van der Waals surface area contributed by atoms with E-state index in [1.54, 1.807) is 6.92 Å². The van der Waals surface area contributed by atoms with Crippen LogP contribution < -0.4 is 10.9 Å². The maximum Gasteiger partial charge on any atom is 0.251 e. The predicted molar refractivity (Wildman–Crippen MR) is 72.7 cm³/mol. The number of halogens is 1. The van der Waals surface area contributed by atoms with Gasteiger partial charge in [-0.1, -0.05) is 0 Å². The van der Waals surface area contributed by atoms with Crippen molar-refractivity contribution in [2.75, 3.05) is 11.9 Å². The number of aromatic nitrogens is 5. The molecular formula is C10H11ClN6OS. The Hall–Kier alpha value is -1.67. The molecule has 0 aliphatic rings. The highest BCUT2D eigenvalue weighted by Crippen LogP contribution is 2.21. The van der Waals surface area contributed by atoms with Crippen molar-refractivity contribution in [1.29, 1.82) is 0 Å². The Morgan fingerprint density at radius 1 is 1.37 bits per heavy atom. The predicted octanol–water partition coefficient (Wildman–Crippen LogP) is 1.50. The summed E-state index contributed by atoms with van der Waals surface area (Å²) in [5.41, 5.74) is 0.403. The van der Waals surface area contributed by atoms with Crippen molar-refractivity contribution in [1.82, 2.24) is 24.9 Å². The number of H-pyrrole nitrogens is 1. The summed E-state index contributed by atoms with van der Waals surface area (Å²) in [6.07, 6.45) is 0. The van der Waals surface area contributed by atoms with E-state index < -0.39 is 0 Å². The lowest BCUT2D eigenvalue weighted by molar-refractivity contribution is 0.870. The van der Waals surface area contributed by atoms with Gasteiger partial charge in [0.05, 0.1) is 0 Å². The Morgan fingerprint density at radius 2 is 2.16 bits per heavy atom. The minimum atomic E-state index is -0.220. The van der Waals surface area contributed by atoms with Crippen LogP contribution in [0.15, 0.2) is 21.2 Å². The second-order valence-corrected chi connectivity index (χ2v) is 4.83.